The molecule has 0 fully saturated rings. The maximum absolute atomic E-state index is 12.1. The number of benzene rings is 1. The Morgan fingerprint density at radius 3 is 2.38 bits per heavy atom. The molecule has 0 spiro atoms. The average Bonchev–Trinajstić information content (AvgIpc) is 2.15. The van der Waals surface area contributed by atoms with Crippen LogP contribution in [-0.2, 0) is 6.42 Å². The molecule has 0 heterocycles. The van der Waals surface area contributed by atoms with Gasteiger partial charge in [0.1, 0.15) is 5.75 Å². The van der Waals surface area contributed by atoms with Crippen molar-refractivity contribution in [3.63, 3.8) is 0 Å². The van der Waals surface area contributed by atoms with Crippen LogP contribution in [0.2, 0.25) is 0 Å². The monoisotopic (exact) mass is 234 g/mol. The van der Waals surface area contributed by atoms with E-state index >= 15 is 0 Å². The van der Waals surface area contributed by atoms with Gasteiger partial charge in [-0.25, -0.2) is 0 Å². The molecular weight excluding hydrogens is 224 g/mol. The molecule has 16 heavy (non-hydrogen) atoms. The van der Waals surface area contributed by atoms with Crippen LogP contribution in [-0.4, -0.2) is 23.5 Å². The highest BCUT2D eigenvalue weighted by Gasteiger charge is 2.34. The molecule has 0 aliphatic carbocycles. The summed E-state index contributed by atoms with van der Waals surface area (Å²) in [6, 6.07) is 4.05. The molecule has 0 aliphatic rings. The Morgan fingerprint density at radius 2 is 1.94 bits per heavy atom. The van der Waals surface area contributed by atoms with E-state index in [0.29, 0.717) is 6.42 Å². The predicted octanol–water partition coefficient (Wildman–Crippen LogP) is 0.827. The van der Waals surface area contributed by atoms with Crippen molar-refractivity contribution in [2.75, 3.05) is 0 Å². The number of aryl methyl sites for hydroxylation is 1. The van der Waals surface area contributed by atoms with Crippen LogP contribution in [0.25, 0.3) is 0 Å². The minimum absolute atomic E-state index is 0.267. The molecular formula is C9H10BF3O3. The highest BCUT2D eigenvalue weighted by Crippen LogP contribution is 2.25. The molecule has 0 amide bonds. The third-order valence-electron chi connectivity index (χ3n) is 2.00. The first-order chi connectivity index (χ1) is 7.35. The zero-order valence-corrected chi connectivity index (χ0v) is 8.45. The van der Waals surface area contributed by atoms with Crippen molar-refractivity contribution in [1.29, 1.82) is 0 Å². The number of hydrogen-bond acceptors (Lipinski definition) is 3. The van der Waals surface area contributed by atoms with E-state index in [4.69, 9.17) is 10.0 Å². The van der Waals surface area contributed by atoms with Gasteiger partial charge in [0.2, 0.25) is 0 Å². The van der Waals surface area contributed by atoms with Gasteiger partial charge in [-0.2, -0.15) is 0 Å². The van der Waals surface area contributed by atoms with Gasteiger partial charge < -0.3 is 14.8 Å². The average molecular weight is 234 g/mol. The van der Waals surface area contributed by atoms with Crippen molar-refractivity contribution in [1.82, 2.24) is 0 Å². The third-order valence-corrected chi connectivity index (χ3v) is 2.00. The maximum atomic E-state index is 12.1. The summed E-state index contributed by atoms with van der Waals surface area (Å²) in [6.45, 7) is 1.64. The van der Waals surface area contributed by atoms with Crippen LogP contribution < -0.4 is 10.2 Å². The number of rotatable bonds is 3. The lowest BCUT2D eigenvalue weighted by Gasteiger charge is -2.16. The van der Waals surface area contributed by atoms with Crippen molar-refractivity contribution >= 4 is 12.6 Å². The molecule has 1 rings (SSSR count). The van der Waals surface area contributed by atoms with Crippen molar-refractivity contribution < 1.29 is 28.0 Å². The van der Waals surface area contributed by atoms with E-state index in [9.17, 15) is 13.2 Å². The fourth-order valence-electron chi connectivity index (χ4n) is 1.33. The maximum Gasteiger partial charge on any atom is 0.573 e. The fourth-order valence-corrected chi connectivity index (χ4v) is 1.33. The summed E-state index contributed by atoms with van der Waals surface area (Å²) in [4.78, 5) is 0. The van der Waals surface area contributed by atoms with Crippen LogP contribution in [0.15, 0.2) is 18.2 Å². The van der Waals surface area contributed by atoms with Gasteiger partial charge in [0.05, 0.1) is 0 Å². The van der Waals surface area contributed by atoms with Gasteiger partial charge in [0.25, 0.3) is 0 Å². The Hall–Kier alpha value is -1.21. The highest BCUT2D eigenvalue weighted by molar-refractivity contribution is 6.59. The van der Waals surface area contributed by atoms with Crippen LogP contribution in [0, 0.1) is 0 Å². The number of ether oxygens (including phenoxy) is 1. The predicted molar refractivity (Wildman–Crippen MR) is 52.3 cm³/mol. The Labute approximate surface area is 90.6 Å². The lowest BCUT2D eigenvalue weighted by atomic mass is 9.78. The first-order valence-electron chi connectivity index (χ1n) is 4.58. The molecule has 0 aromatic heterocycles. The van der Waals surface area contributed by atoms with Crippen molar-refractivity contribution in [3.05, 3.63) is 23.8 Å². The molecule has 0 unspecified atom stereocenters. The Bertz CT molecular complexity index is 366. The smallest absolute Gasteiger partial charge is 0.423 e. The molecule has 2 N–H and O–H groups in total. The van der Waals surface area contributed by atoms with Crippen LogP contribution in [0.4, 0.5) is 13.2 Å². The summed E-state index contributed by atoms with van der Waals surface area (Å²) in [5.74, 6) is -0.535. The lowest BCUT2D eigenvalue weighted by Crippen LogP contribution is -2.34. The van der Waals surface area contributed by atoms with Gasteiger partial charge in [-0.1, -0.05) is 25.1 Å². The van der Waals surface area contributed by atoms with Gasteiger partial charge in [0.15, 0.2) is 0 Å². The van der Waals surface area contributed by atoms with E-state index in [0.717, 1.165) is 0 Å². The van der Waals surface area contributed by atoms with Crippen LogP contribution in [0.3, 0.4) is 0 Å². The van der Waals surface area contributed by atoms with Crippen molar-refractivity contribution in [3.8, 4) is 5.75 Å². The van der Waals surface area contributed by atoms with Gasteiger partial charge in [-0.05, 0) is 12.0 Å². The summed E-state index contributed by atoms with van der Waals surface area (Å²) >= 11 is 0. The highest BCUT2D eigenvalue weighted by atomic mass is 19.4. The number of halogens is 3. The molecule has 7 heteroatoms. The first kappa shape index (κ1) is 12.9. The molecule has 0 atom stereocenters. The van der Waals surface area contributed by atoms with E-state index in [1.807, 2.05) is 0 Å². The Kier molecular flexibility index (Phi) is 3.82. The zero-order valence-electron chi connectivity index (χ0n) is 8.45. The topological polar surface area (TPSA) is 49.7 Å². The first-order valence-corrected chi connectivity index (χ1v) is 4.58. The third kappa shape index (κ3) is 3.14. The second kappa shape index (κ2) is 4.75. The van der Waals surface area contributed by atoms with Gasteiger partial charge in [-0.15, -0.1) is 13.2 Å². The summed E-state index contributed by atoms with van der Waals surface area (Å²) in [5, 5.41) is 17.9. The molecule has 88 valence electrons. The standard InChI is InChI=1S/C9H10BF3O3/c1-2-6-4-3-5-7(10(14)15)8(6)16-9(11,12)13/h3-5,14-15H,2H2,1H3. The Morgan fingerprint density at radius 1 is 1.31 bits per heavy atom. The van der Waals surface area contributed by atoms with E-state index in [1.165, 1.54) is 18.2 Å². The molecule has 0 radical (unpaired) electrons. The molecule has 1 aromatic carbocycles. The van der Waals surface area contributed by atoms with Gasteiger partial charge in [0, 0.05) is 5.46 Å². The summed E-state index contributed by atoms with van der Waals surface area (Å²) in [5.41, 5.74) is -0.0281. The normalized spacial score (nSPS) is 11.4. The van der Waals surface area contributed by atoms with Crippen LogP contribution in [0.5, 0.6) is 5.75 Å². The number of hydrogen-bond donors (Lipinski definition) is 2. The SMILES string of the molecule is CCc1cccc(B(O)O)c1OC(F)(F)F. The minimum atomic E-state index is -4.85. The fraction of sp³-hybridized carbons (Fsp3) is 0.333. The Balaban J connectivity index is 3.20. The molecule has 0 saturated carbocycles. The zero-order chi connectivity index (χ0) is 12.3. The molecule has 0 saturated heterocycles. The molecule has 0 bridgehead atoms. The van der Waals surface area contributed by atoms with Gasteiger partial charge in [-0.3, -0.25) is 0 Å². The second-order valence-electron chi connectivity index (χ2n) is 3.11. The van der Waals surface area contributed by atoms with Crippen molar-refractivity contribution in [2.45, 2.75) is 19.7 Å². The van der Waals surface area contributed by atoms with Gasteiger partial charge >= 0.3 is 13.5 Å². The van der Waals surface area contributed by atoms with Crippen LogP contribution >= 0.6 is 0 Å². The second-order valence-corrected chi connectivity index (χ2v) is 3.11. The van der Waals surface area contributed by atoms with Crippen LogP contribution in [0.1, 0.15) is 12.5 Å². The molecule has 0 aliphatic heterocycles. The largest absolute Gasteiger partial charge is 0.573 e. The van der Waals surface area contributed by atoms with E-state index < -0.39 is 19.2 Å². The summed E-state index contributed by atoms with van der Waals surface area (Å²) < 4.78 is 40.1. The van der Waals surface area contributed by atoms with E-state index in [2.05, 4.69) is 4.74 Å². The van der Waals surface area contributed by atoms with E-state index in [1.54, 1.807) is 6.92 Å². The number of para-hydroxylation sites is 1. The quantitative estimate of drug-likeness (QED) is 0.761. The summed E-state index contributed by atoms with van der Waals surface area (Å²) in [7, 11) is -2.00. The molecule has 3 nitrogen and oxygen atoms in total. The molecule has 1 aromatic rings. The number of alkyl halides is 3. The van der Waals surface area contributed by atoms with E-state index in [-0.39, 0.29) is 11.0 Å². The minimum Gasteiger partial charge on any atom is -0.423 e. The lowest BCUT2D eigenvalue weighted by molar-refractivity contribution is -0.274. The van der Waals surface area contributed by atoms with Crippen molar-refractivity contribution in [2.24, 2.45) is 0 Å². The summed E-state index contributed by atoms with van der Waals surface area (Å²) in [6.07, 6.45) is -4.55.